The maximum absolute atomic E-state index is 11.6. The lowest BCUT2D eigenvalue weighted by atomic mass is 10.0. The molecule has 0 atom stereocenters. The highest BCUT2D eigenvalue weighted by Crippen LogP contribution is 2.31. The van der Waals surface area contributed by atoms with Crippen LogP contribution in [0.5, 0.6) is 5.75 Å². The SMILES string of the molecule is CCCCCC/C(=N\OC(C)=O)c1cn(-c2ccc(/C(=N/OC(C)=O)c3ccco3)cc2)c2ccc(OC)cc12. The normalized spacial score (nSPS) is 12.0. The molecule has 9 heteroatoms. The Bertz CT molecular complexity index is 1510. The van der Waals surface area contributed by atoms with Crippen molar-refractivity contribution in [1.29, 1.82) is 0 Å². The molecule has 0 spiro atoms. The first-order valence-electron chi connectivity index (χ1n) is 13.3. The summed E-state index contributed by atoms with van der Waals surface area (Å²) in [4.78, 5) is 33.0. The summed E-state index contributed by atoms with van der Waals surface area (Å²) in [6, 6.07) is 17.0. The van der Waals surface area contributed by atoms with Crippen molar-refractivity contribution in [2.45, 2.75) is 52.9 Å². The number of rotatable bonds is 12. The summed E-state index contributed by atoms with van der Waals surface area (Å²) in [5.41, 5.74) is 4.50. The second kappa shape index (κ2) is 13.4. The number of carbonyl (C=O) groups excluding carboxylic acids is 2. The molecule has 4 rings (SSSR count). The Kier molecular flexibility index (Phi) is 9.51. The molecule has 9 nitrogen and oxygen atoms in total. The van der Waals surface area contributed by atoms with E-state index in [0.29, 0.717) is 34.9 Å². The van der Waals surface area contributed by atoms with Crippen molar-refractivity contribution in [1.82, 2.24) is 4.57 Å². The molecule has 208 valence electrons. The molecule has 0 aliphatic heterocycles. The lowest BCUT2D eigenvalue weighted by molar-refractivity contribution is -0.141. The fraction of sp³-hybridized carbons (Fsp3) is 0.290. The minimum Gasteiger partial charge on any atom is -0.497 e. The van der Waals surface area contributed by atoms with Gasteiger partial charge in [0.05, 0.1) is 24.6 Å². The number of hydrogen-bond acceptors (Lipinski definition) is 8. The van der Waals surface area contributed by atoms with Gasteiger partial charge in [0.25, 0.3) is 0 Å². The molecule has 0 amide bonds. The molecule has 4 aromatic rings. The third kappa shape index (κ3) is 6.85. The lowest BCUT2D eigenvalue weighted by Gasteiger charge is -2.08. The van der Waals surface area contributed by atoms with E-state index in [-0.39, 0.29) is 0 Å². The van der Waals surface area contributed by atoms with Gasteiger partial charge in [-0.2, -0.15) is 0 Å². The predicted octanol–water partition coefficient (Wildman–Crippen LogP) is 6.79. The molecule has 40 heavy (non-hydrogen) atoms. The zero-order valence-corrected chi connectivity index (χ0v) is 23.2. The van der Waals surface area contributed by atoms with Gasteiger partial charge in [0, 0.05) is 42.2 Å². The number of fused-ring (bicyclic) bond motifs is 1. The summed E-state index contributed by atoms with van der Waals surface area (Å²) in [6.45, 7) is 4.80. The van der Waals surface area contributed by atoms with Crippen LogP contribution in [-0.2, 0) is 19.3 Å². The monoisotopic (exact) mass is 543 g/mol. The zero-order valence-electron chi connectivity index (χ0n) is 23.2. The number of oxime groups is 2. The van der Waals surface area contributed by atoms with Gasteiger partial charge in [0.1, 0.15) is 5.75 Å². The van der Waals surface area contributed by atoms with E-state index in [1.54, 1.807) is 19.2 Å². The molecule has 2 aromatic carbocycles. The number of unbranched alkanes of at least 4 members (excludes halogenated alkanes) is 3. The summed E-state index contributed by atoms with van der Waals surface area (Å²) < 4.78 is 13.1. The van der Waals surface area contributed by atoms with Gasteiger partial charge < -0.3 is 23.4 Å². The molecule has 0 fully saturated rings. The van der Waals surface area contributed by atoms with Crippen molar-refractivity contribution in [2.75, 3.05) is 7.11 Å². The van der Waals surface area contributed by atoms with Crippen molar-refractivity contribution in [3.63, 3.8) is 0 Å². The first-order chi connectivity index (χ1) is 19.4. The summed E-state index contributed by atoms with van der Waals surface area (Å²) >= 11 is 0. The molecule has 0 N–H and O–H groups in total. The lowest BCUT2D eigenvalue weighted by Crippen LogP contribution is -2.05. The minimum atomic E-state index is -0.525. The van der Waals surface area contributed by atoms with Gasteiger partial charge in [-0.05, 0) is 55.3 Å². The zero-order chi connectivity index (χ0) is 28.5. The Morgan fingerprint density at radius 3 is 2.33 bits per heavy atom. The summed E-state index contributed by atoms with van der Waals surface area (Å²) in [7, 11) is 1.63. The smallest absolute Gasteiger partial charge is 0.332 e. The average Bonchev–Trinajstić information content (AvgIpc) is 3.61. The molecule has 0 radical (unpaired) electrons. The summed E-state index contributed by atoms with van der Waals surface area (Å²) in [5, 5.41) is 9.18. The number of aromatic nitrogens is 1. The maximum Gasteiger partial charge on any atom is 0.332 e. The molecule has 2 heterocycles. The number of benzene rings is 2. The molecule has 2 aromatic heterocycles. The number of carbonyl (C=O) groups is 2. The van der Waals surface area contributed by atoms with Crippen LogP contribution >= 0.6 is 0 Å². The molecular formula is C31H33N3O6. The Morgan fingerprint density at radius 1 is 0.925 bits per heavy atom. The highest BCUT2D eigenvalue weighted by Gasteiger charge is 2.18. The van der Waals surface area contributed by atoms with Gasteiger partial charge >= 0.3 is 11.9 Å². The molecule has 0 bridgehead atoms. The van der Waals surface area contributed by atoms with Crippen LogP contribution in [-0.4, -0.2) is 35.0 Å². The molecule has 0 aliphatic rings. The van der Waals surface area contributed by atoms with Gasteiger partial charge in [0.15, 0.2) is 11.5 Å². The Balaban J connectivity index is 1.77. The molecular weight excluding hydrogens is 510 g/mol. The number of ether oxygens (including phenoxy) is 1. The van der Waals surface area contributed by atoms with Crippen LogP contribution in [0.4, 0.5) is 0 Å². The van der Waals surface area contributed by atoms with Gasteiger partial charge in [-0.25, -0.2) is 9.59 Å². The maximum atomic E-state index is 11.6. The van der Waals surface area contributed by atoms with Crippen LogP contribution in [0.1, 0.15) is 69.8 Å². The molecule has 0 saturated heterocycles. The largest absolute Gasteiger partial charge is 0.497 e. The van der Waals surface area contributed by atoms with Gasteiger partial charge in [-0.1, -0.05) is 48.6 Å². The second-order valence-electron chi connectivity index (χ2n) is 9.27. The van der Waals surface area contributed by atoms with Crippen LogP contribution in [0.3, 0.4) is 0 Å². The number of methoxy groups -OCH3 is 1. The fourth-order valence-corrected chi connectivity index (χ4v) is 4.39. The molecule has 0 unspecified atom stereocenters. The van der Waals surface area contributed by atoms with Crippen LogP contribution in [0.25, 0.3) is 16.6 Å². The van der Waals surface area contributed by atoms with Gasteiger partial charge in [-0.3, -0.25) is 0 Å². The van der Waals surface area contributed by atoms with E-state index in [1.165, 1.54) is 20.1 Å². The van der Waals surface area contributed by atoms with Gasteiger partial charge in [-0.15, -0.1) is 0 Å². The fourth-order valence-electron chi connectivity index (χ4n) is 4.39. The van der Waals surface area contributed by atoms with Crippen LogP contribution in [0, 0.1) is 0 Å². The van der Waals surface area contributed by atoms with Crippen LogP contribution in [0.2, 0.25) is 0 Å². The highest BCUT2D eigenvalue weighted by atomic mass is 16.7. The molecule has 0 aliphatic carbocycles. The highest BCUT2D eigenvalue weighted by molar-refractivity contribution is 6.12. The van der Waals surface area contributed by atoms with Crippen molar-refractivity contribution >= 4 is 34.3 Å². The van der Waals surface area contributed by atoms with E-state index in [2.05, 4.69) is 21.8 Å². The quantitative estimate of drug-likeness (QED) is 0.0844. The third-order valence-corrected chi connectivity index (χ3v) is 6.31. The van der Waals surface area contributed by atoms with Crippen molar-refractivity contribution in [2.24, 2.45) is 10.3 Å². The van der Waals surface area contributed by atoms with Crippen LogP contribution in [0.15, 0.2) is 81.8 Å². The standard InChI is InChI=1S/C31H33N3O6/c1-5-6-7-8-10-28(32-39-21(2)35)27-20-34(29-17-16-25(37-4)19-26(27)29)24-14-12-23(13-15-24)31(33-40-22(3)36)30-11-9-18-38-30/h9,11-20H,5-8,10H2,1-4H3/b32-28+,33-31-. The van der Waals surface area contributed by atoms with Crippen LogP contribution < -0.4 is 4.74 Å². The summed E-state index contributed by atoms with van der Waals surface area (Å²) in [5.74, 6) is 0.197. The number of nitrogens with zero attached hydrogens (tertiary/aromatic N) is 3. The molecule has 0 saturated carbocycles. The van der Waals surface area contributed by atoms with E-state index in [4.69, 9.17) is 18.8 Å². The topological polar surface area (TPSA) is 105 Å². The van der Waals surface area contributed by atoms with E-state index < -0.39 is 11.9 Å². The third-order valence-electron chi connectivity index (χ3n) is 6.31. The van der Waals surface area contributed by atoms with Gasteiger partial charge in [0.2, 0.25) is 0 Å². The minimum absolute atomic E-state index is 0.400. The second-order valence-corrected chi connectivity index (χ2v) is 9.27. The van der Waals surface area contributed by atoms with Crippen molar-refractivity contribution in [3.8, 4) is 11.4 Å². The van der Waals surface area contributed by atoms with E-state index in [0.717, 1.165) is 47.8 Å². The predicted molar refractivity (Wildman–Crippen MR) is 153 cm³/mol. The van der Waals surface area contributed by atoms with E-state index in [1.807, 2.05) is 48.7 Å². The number of hydrogen-bond donors (Lipinski definition) is 0. The Hall–Kier alpha value is -4.66. The average molecular weight is 544 g/mol. The summed E-state index contributed by atoms with van der Waals surface area (Å²) in [6.07, 6.45) is 8.44. The first-order valence-corrected chi connectivity index (χ1v) is 13.3. The first kappa shape index (κ1) is 28.4. The van der Waals surface area contributed by atoms with Crippen molar-refractivity contribution < 1.29 is 28.4 Å². The number of furan rings is 1. The van der Waals surface area contributed by atoms with E-state index in [9.17, 15) is 9.59 Å². The van der Waals surface area contributed by atoms with Crippen molar-refractivity contribution in [3.05, 3.63) is 83.9 Å². The Labute approximate surface area is 233 Å². The van der Waals surface area contributed by atoms with E-state index >= 15 is 0 Å². The Morgan fingerprint density at radius 2 is 1.68 bits per heavy atom.